The molecule has 2 fully saturated rings. The molecule has 2 aliphatic rings. The van der Waals surface area contributed by atoms with Crippen LogP contribution in [0.15, 0.2) is 18.2 Å². The predicted octanol–water partition coefficient (Wildman–Crippen LogP) is 0.853. The van der Waals surface area contributed by atoms with Gasteiger partial charge in [-0.2, -0.15) is 0 Å². The molecule has 0 radical (unpaired) electrons. The second-order valence-corrected chi connectivity index (χ2v) is 7.33. The second-order valence-electron chi connectivity index (χ2n) is 7.33. The summed E-state index contributed by atoms with van der Waals surface area (Å²) in [7, 11) is 1.63. The molecule has 2 saturated heterocycles. The fraction of sp³-hybridized carbons (Fsp3) is 0.650. The van der Waals surface area contributed by atoms with Crippen molar-refractivity contribution in [2.24, 2.45) is 0 Å². The van der Waals surface area contributed by atoms with Gasteiger partial charge in [-0.05, 0) is 43.6 Å². The lowest BCUT2D eigenvalue weighted by molar-refractivity contribution is -0.120. The van der Waals surface area contributed by atoms with Crippen LogP contribution >= 0.6 is 0 Å². The third-order valence-corrected chi connectivity index (χ3v) is 5.14. The molecule has 1 amide bonds. The quantitative estimate of drug-likeness (QED) is 0.700. The monoisotopic (exact) mass is 377 g/mol. The maximum atomic E-state index is 11.5. The van der Waals surface area contributed by atoms with Crippen molar-refractivity contribution in [1.82, 2.24) is 15.1 Å². The minimum absolute atomic E-state index is 0.117. The number of methoxy groups -OCH3 is 1. The van der Waals surface area contributed by atoms with Crippen LogP contribution in [0.5, 0.6) is 11.5 Å². The molecule has 2 aliphatic heterocycles. The first-order chi connectivity index (χ1) is 13.1. The van der Waals surface area contributed by atoms with Crippen LogP contribution in [0, 0.1) is 0 Å². The number of benzene rings is 1. The third kappa shape index (κ3) is 6.09. The van der Waals surface area contributed by atoms with Gasteiger partial charge in [0.25, 0.3) is 0 Å². The number of nitrogens with one attached hydrogen (secondary N) is 1. The number of rotatable bonds is 8. The Labute approximate surface area is 161 Å². The van der Waals surface area contributed by atoms with Crippen molar-refractivity contribution in [3.05, 3.63) is 23.8 Å². The number of carbonyl (C=O) groups excluding carboxylic acids is 1. The molecule has 1 aromatic carbocycles. The average molecular weight is 377 g/mol. The number of β-amino-alcohol motifs (C(OH)–C–C–N with tert-alkyl or cyclic N) is 1. The molecular formula is C20H31N3O4. The number of hydrogen-bond acceptors (Lipinski definition) is 6. The number of aliphatic hydroxyl groups excluding tert-OH is 1. The van der Waals surface area contributed by atoms with Crippen molar-refractivity contribution in [3.8, 4) is 11.5 Å². The van der Waals surface area contributed by atoms with Gasteiger partial charge in [0.05, 0.1) is 7.11 Å². The van der Waals surface area contributed by atoms with Crippen LogP contribution in [0.2, 0.25) is 0 Å². The van der Waals surface area contributed by atoms with Crippen LogP contribution in [-0.4, -0.2) is 79.9 Å². The molecule has 2 heterocycles. The number of amides is 1. The van der Waals surface area contributed by atoms with Crippen molar-refractivity contribution in [3.63, 3.8) is 0 Å². The summed E-state index contributed by atoms with van der Waals surface area (Å²) in [6.07, 6.45) is 2.45. The summed E-state index contributed by atoms with van der Waals surface area (Å²) in [5, 5.41) is 13.1. The number of aliphatic hydroxyl groups is 1. The summed E-state index contributed by atoms with van der Waals surface area (Å²) in [6, 6.07) is 5.89. The SMILES string of the molecule is COc1cc(CN2CCNC(=O)CC2)ccc1OCC(O)CN1CCCC1. The van der Waals surface area contributed by atoms with E-state index in [9.17, 15) is 9.90 Å². The molecule has 7 nitrogen and oxygen atoms in total. The Hall–Kier alpha value is -1.83. The highest BCUT2D eigenvalue weighted by molar-refractivity contribution is 5.76. The second kappa shape index (κ2) is 9.92. The van der Waals surface area contributed by atoms with Crippen LogP contribution in [0.1, 0.15) is 24.8 Å². The van der Waals surface area contributed by atoms with Crippen LogP contribution < -0.4 is 14.8 Å². The Morgan fingerprint density at radius 3 is 2.74 bits per heavy atom. The summed E-state index contributed by atoms with van der Waals surface area (Å²) in [6.45, 7) is 6.09. The molecule has 0 aliphatic carbocycles. The first-order valence-corrected chi connectivity index (χ1v) is 9.83. The van der Waals surface area contributed by atoms with Crippen molar-refractivity contribution in [1.29, 1.82) is 0 Å². The minimum atomic E-state index is -0.505. The molecule has 7 heteroatoms. The number of carbonyl (C=O) groups is 1. The van der Waals surface area contributed by atoms with E-state index >= 15 is 0 Å². The Morgan fingerprint density at radius 1 is 1.15 bits per heavy atom. The van der Waals surface area contributed by atoms with Gasteiger partial charge in [0.2, 0.25) is 5.91 Å². The highest BCUT2D eigenvalue weighted by Crippen LogP contribution is 2.29. The van der Waals surface area contributed by atoms with E-state index in [1.54, 1.807) is 7.11 Å². The fourth-order valence-corrected chi connectivity index (χ4v) is 3.66. The van der Waals surface area contributed by atoms with Gasteiger partial charge < -0.3 is 24.8 Å². The summed E-state index contributed by atoms with van der Waals surface area (Å²) >= 11 is 0. The molecule has 0 saturated carbocycles. The number of likely N-dealkylation sites (tertiary alicyclic amines) is 1. The number of nitrogens with zero attached hydrogens (tertiary/aromatic N) is 2. The standard InChI is InChI=1S/C20H31N3O4/c1-26-19-12-16(13-23-10-6-20(25)21-7-11-23)4-5-18(19)27-15-17(24)14-22-8-2-3-9-22/h4-5,12,17,24H,2-3,6-11,13-15H2,1H3,(H,21,25). The predicted molar refractivity (Wildman–Crippen MR) is 103 cm³/mol. The molecule has 27 heavy (non-hydrogen) atoms. The van der Waals surface area contributed by atoms with Gasteiger partial charge in [-0.1, -0.05) is 6.07 Å². The van der Waals surface area contributed by atoms with Gasteiger partial charge in [0.1, 0.15) is 12.7 Å². The minimum Gasteiger partial charge on any atom is -0.493 e. The van der Waals surface area contributed by atoms with Crippen LogP contribution in [-0.2, 0) is 11.3 Å². The highest BCUT2D eigenvalue weighted by atomic mass is 16.5. The fourth-order valence-electron chi connectivity index (χ4n) is 3.66. The molecule has 2 N–H and O–H groups in total. The summed E-state index contributed by atoms with van der Waals surface area (Å²) in [4.78, 5) is 16.0. The smallest absolute Gasteiger partial charge is 0.221 e. The Morgan fingerprint density at radius 2 is 1.96 bits per heavy atom. The van der Waals surface area contributed by atoms with Crippen molar-refractivity contribution < 1.29 is 19.4 Å². The van der Waals surface area contributed by atoms with Gasteiger partial charge in [0.15, 0.2) is 11.5 Å². The maximum absolute atomic E-state index is 11.5. The normalized spacial score (nSPS) is 20.1. The molecule has 1 atom stereocenters. The van der Waals surface area contributed by atoms with Gasteiger partial charge in [-0.15, -0.1) is 0 Å². The maximum Gasteiger partial charge on any atom is 0.221 e. The number of hydrogen-bond donors (Lipinski definition) is 2. The van der Waals surface area contributed by atoms with Crippen LogP contribution in [0.4, 0.5) is 0 Å². The molecule has 0 aromatic heterocycles. The lowest BCUT2D eigenvalue weighted by Crippen LogP contribution is -2.33. The molecule has 0 bridgehead atoms. The first kappa shape index (κ1) is 19.9. The van der Waals surface area contributed by atoms with E-state index in [0.29, 0.717) is 31.0 Å². The Kier molecular flexibility index (Phi) is 7.32. The molecule has 1 unspecified atom stereocenters. The van der Waals surface area contributed by atoms with E-state index < -0.39 is 6.10 Å². The highest BCUT2D eigenvalue weighted by Gasteiger charge is 2.18. The number of ether oxygens (including phenoxy) is 2. The molecular weight excluding hydrogens is 346 g/mol. The van der Waals surface area contributed by atoms with Crippen LogP contribution in [0.25, 0.3) is 0 Å². The van der Waals surface area contributed by atoms with Crippen molar-refractivity contribution in [2.75, 3.05) is 53.0 Å². The zero-order chi connectivity index (χ0) is 19.1. The molecule has 3 rings (SSSR count). The van der Waals surface area contributed by atoms with Crippen LogP contribution in [0.3, 0.4) is 0 Å². The molecule has 150 valence electrons. The van der Waals surface area contributed by atoms with E-state index in [1.807, 2.05) is 18.2 Å². The first-order valence-electron chi connectivity index (χ1n) is 9.83. The Bertz CT molecular complexity index is 619. The summed E-state index contributed by atoms with van der Waals surface area (Å²) < 4.78 is 11.3. The van der Waals surface area contributed by atoms with Gasteiger partial charge in [-0.25, -0.2) is 0 Å². The van der Waals surface area contributed by atoms with E-state index in [1.165, 1.54) is 12.8 Å². The summed E-state index contributed by atoms with van der Waals surface area (Å²) in [5.41, 5.74) is 1.12. The van der Waals surface area contributed by atoms with Crippen molar-refractivity contribution >= 4 is 5.91 Å². The van der Waals surface area contributed by atoms with E-state index in [4.69, 9.17) is 9.47 Å². The van der Waals surface area contributed by atoms with Gasteiger partial charge in [0, 0.05) is 39.1 Å². The Balaban J connectivity index is 1.52. The molecule has 0 spiro atoms. The van der Waals surface area contributed by atoms with Gasteiger partial charge in [-0.3, -0.25) is 9.69 Å². The lowest BCUT2D eigenvalue weighted by atomic mass is 10.2. The lowest BCUT2D eigenvalue weighted by Gasteiger charge is -2.21. The average Bonchev–Trinajstić information content (AvgIpc) is 3.09. The zero-order valence-corrected chi connectivity index (χ0v) is 16.2. The van der Waals surface area contributed by atoms with E-state index in [0.717, 1.165) is 38.3 Å². The topological polar surface area (TPSA) is 74.3 Å². The van der Waals surface area contributed by atoms with Gasteiger partial charge >= 0.3 is 0 Å². The molecule has 1 aromatic rings. The summed E-state index contributed by atoms with van der Waals surface area (Å²) in [5.74, 6) is 1.44. The van der Waals surface area contributed by atoms with E-state index in [-0.39, 0.29) is 12.5 Å². The van der Waals surface area contributed by atoms with Crippen molar-refractivity contribution in [2.45, 2.75) is 31.9 Å². The third-order valence-electron chi connectivity index (χ3n) is 5.14. The zero-order valence-electron chi connectivity index (χ0n) is 16.2. The van der Waals surface area contributed by atoms with E-state index in [2.05, 4.69) is 15.1 Å². The largest absolute Gasteiger partial charge is 0.493 e.